The number of anilines is 2. The van der Waals surface area contributed by atoms with Crippen LogP contribution in [-0.4, -0.2) is 40.1 Å². The summed E-state index contributed by atoms with van der Waals surface area (Å²) in [7, 11) is 1.63. The summed E-state index contributed by atoms with van der Waals surface area (Å²) in [6.45, 7) is 4.42. The first-order valence-electron chi connectivity index (χ1n) is 11.2. The summed E-state index contributed by atoms with van der Waals surface area (Å²) in [4.78, 5) is 32.7. The number of hydrogen-bond donors (Lipinski definition) is 1. The van der Waals surface area contributed by atoms with E-state index in [2.05, 4.69) is 22.3 Å². The van der Waals surface area contributed by atoms with Gasteiger partial charge in [0.15, 0.2) is 0 Å². The lowest BCUT2D eigenvalue weighted by Crippen LogP contribution is -2.29. The second-order valence-electron chi connectivity index (χ2n) is 8.31. The van der Waals surface area contributed by atoms with Gasteiger partial charge in [-0.2, -0.15) is 4.98 Å². The van der Waals surface area contributed by atoms with E-state index in [9.17, 15) is 9.59 Å². The highest BCUT2D eigenvalue weighted by molar-refractivity contribution is 7.15. The van der Waals surface area contributed by atoms with Crippen molar-refractivity contribution < 1.29 is 14.3 Å². The highest BCUT2D eigenvalue weighted by Gasteiger charge is 2.36. The maximum absolute atomic E-state index is 13.0. The second kappa shape index (κ2) is 8.90. The number of thiazole rings is 1. The zero-order valence-electron chi connectivity index (χ0n) is 19.2. The molecule has 174 valence electrons. The molecule has 0 radical (unpaired) electrons. The minimum Gasteiger partial charge on any atom is -0.497 e. The highest BCUT2D eigenvalue weighted by Crippen LogP contribution is 2.32. The molecule has 0 spiro atoms. The average Bonchev–Trinajstić information content (AvgIpc) is 3.53. The average molecular weight is 476 g/mol. The third kappa shape index (κ3) is 3.92. The number of amides is 2. The maximum Gasteiger partial charge on any atom is 0.250 e. The first kappa shape index (κ1) is 22.1. The molecule has 1 atom stereocenters. The molecule has 0 saturated carbocycles. The van der Waals surface area contributed by atoms with Gasteiger partial charge < -0.3 is 9.64 Å². The fraction of sp³-hybridized carbons (Fsp3) is 0.280. The first-order valence-corrected chi connectivity index (χ1v) is 12.0. The number of carbonyl (C=O) groups excluding carboxylic acids is 2. The van der Waals surface area contributed by atoms with Crippen molar-refractivity contribution in [1.29, 1.82) is 0 Å². The van der Waals surface area contributed by atoms with Crippen molar-refractivity contribution in [2.24, 2.45) is 5.92 Å². The Morgan fingerprint density at radius 1 is 1.24 bits per heavy atom. The molecule has 2 amide bonds. The number of rotatable bonds is 6. The molecular weight excluding hydrogens is 450 g/mol. The molecule has 1 aliphatic heterocycles. The van der Waals surface area contributed by atoms with Crippen molar-refractivity contribution in [3.05, 3.63) is 59.0 Å². The molecule has 1 fully saturated rings. The standard InChI is InChI=1S/C25H25N5O3S/c1-4-16-7-5-6-15(2)22(16)29-13-18(12-21(29)31)23(32)26-24-27-25-30(28-24)20(14-34-25)17-8-10-19(33-3)11-9-17/h5-11,14,18H,4,12-13H2,1-3H3,(H,26,28,32). The maximum atomic E-state index is 13.0. The van der Waals surface area contributed by atoms with E-state index in [1.807, 2.05) is 54.8 Å². The molecule has 3 heterocycles. The minimum atomic E-state index is -0.459. The van der Waals surface area contributed by atoms with E-state index in [1.165, 1.54) is 11.3 Å². The highest BCUT2D eigenvalue weighted by atomic mass is 32.1. The monoisotopic (exact) mass is 475 g/mol. The van der Waals surface area contributed by atoms with Gasteiger partial charge in [0.1, 0.15) is 5.75 Å². The predicted molar refractivity (Wildman–Crippen MR) is 132 cm³/mol. The number of para-hydroxylation sites is 1. The summed E-state index contributed by atoms with van der Waals surface area (Å²) >= 11 is 1.45. The number of fused-ring (bicyclic) bond motifs is 1. The molecule has 5 rings (SSSR count). The van der Waals surface area contributed by atoms with Gasteiger partial charge in [0.25, 0.3) is 0 Å². The summed E-state index contributed by atoms with van der Waals surface area (Å²) < 4.78 is 6.94. The van der Waals surface area contributed by atoms with Gasteiger partial charge in [-0.3, -0.25) is 14.9 Å². The van der Waals surface area contributed by atoms with Crippen LogP contribution in [0.3, 0.4) is 0 Å². The van der Waals surface area contributed by atoms with Gasteiger partial charge in [-0.1, -0.05) is 25.1 Å². The summed E-state index contributed by atoms with van der Waals surface area (Å²) in [6.07, 6.45) is 0.992. The van der Waals surface area contributed by atoms with Crippen molar-refractivity contribution in [2.75, 3.05) is 23.9 Å². The zero-order chi connectivity index (χ0) is 23.8. The number of nitrogens with one attached hydrogen (secondary N) is 1. The SMILES string of the molecule is CCc1cccc(C)c1N1CC(C(=O)Nc2nc3scc(-c4ccc(OC)cc4)n3n2)CC1=O. The van der Waals surface area contributed by atoms with E-state index in [0.717, 1.165) is 40.2 Å². The van der Waals surface area contributed by atoms with E-state index < -0.39 is 5.92 Å². The van der Waals surface area contributed by atoms with Crippen molar-refractivity contribution in [3.63, 3.8) is 0 Å². The molecule has 8 nitrogen and oxygen atoms in total. The fourth-order valence-electron chi connectivity index (χ4n) is 4.40. The fourth-order valence-corrected chi connectivity index (χ4v) is 5.23. The molecule has 0 aliphatic carbocycles. The van der Waals surface area contributed by atoms with Gasteiger partial charge in [-0.25, -0.2) is 4.52 Å². The molecule has 4 aromatic rings. The van der Waals surface area contributed by atoms with Gasteiger partial charge in [-0.15, -0.1) is 16.4 Å². The Kier molecular flexibility index (Phi) is 5.79. The summed E-state index contributed by atoms with van der Waals surface area (Å²) in [5.74, 6) is 0.275. The van der Waals surface area contributed by atoms with Crippen molar-refractivity contribution in [3.8, 4) is 17.0 Å². The minimum absolute atomic E-state index is 0.0373. The molecule has 1 saturated heterocycles. The van der Waals surface area contributed by atoms with Crippen LogP contribution >= 0.6 is 11.3 Å². The predicted octanol–water partition coefficient (Wildman–Crippen LogP) is 4.33. The normalized spacial score (nSPS) is 15.8. The summed E-state index contributed by atoms with van der Waals surface area (Å²) in [5.41, 5.74) is 4.92. The molecule has 1 unspecified atom stereocenters. The molecule has 9 heteroatoms. The molecule has 0 bridgehead atoms. The number of methoxy groups -OCH3 is 1. The topological polar surface area (TPSA) is 88.8 Å². The van der Waals surface area contributed by atoms with Crippen LogP contribution in [-0.2, 0) is 16.0 Å². The number of aryl methyl sites for hydroxylation is 2. The molecular formula is C25H25N5O3S. The Morgan fingerprint density at radius 2 is 2.03 bits per heavy atom. The quantitative estimate of drug-likeness (QED) is 0.448. The second-order valence-corrected chi connectivity index (χ2v) is 9.15. The van der Waals surface area contributed by atoms with E-state index in [4.69, 9.17) is 4.74 Å². The summed E-state index contributed by atoms with van der Waals surface area (Å²) in [5, 5.41) is 9.29. The van der Waals surface area contributed by atoms with Crippen molar-refractivity contribution in [1.82, 2.24) is 14.6 Å². The Labute approximate surface area is 201 Å². The lowest BCUT2D eigenvalue weighted by Gasteiger charge is -2.22. The van der Waals surface area contributed by atoms with Crippen LogP contribution in [0.25, 0.3) is 16.2 Å². The molecule has 2 aromatic heterocycles. The van der Waals surface area contributed by atoms with Gasteiger partial charge in [-0.05, 0) is 48.7 Å². The van der Waals surface area contributed by atoms with E-state index >= 15 is 0 Å². The van der Waals surface area contributed by atoms with Gasteiger partial charge >= 0.3 is 0 Å². The van der Waals surface area contributed by atoms with E-state index in [1.54, 1.807) is 16.5 Å². The van der Waals surface area contributed by atoms with Gasteiger partial charge in [0.2, 0.25) is 22.7 Å². The summed E-state index contributed by atoms with van der Waals surface area (Å²) in [6, 6.07) is 13.7. The number of ether oxygens (including phenoxy) is 1. The lowest BCUT2D eigenvalue weighted by atomic mass is 10.0. The van der Waals surface area contributed by atoms with Gasteiger partial charge in [0, 0.05) is 29.6 Å². The number of carbonyl (C=O) groups is 2. The van der Waals surface area contributed by atoms with Crippen molar-refractivity contribution in [2.45, 2.75) is 26.7 Å². The van der Waals surface area contributed by atoms with Crippen LogP contribution in [0.4, 0.5) is 11.6 Å². The van der Waals surface area contributed by atoms with Crippen LogP contribution in [0.5, 0.6) is 5.75 Å². The molecule has 1 aliphatic rings. The Bertz CT molecular complexity index is 1380. The molecule has 2 aromatic carbocycles. The van der Waals surface area contributed by atoms with Crippen LogP contribution in [0.15, 0.2) is 47.8 Å². The van der Waals surface area contributed by atoms with Crippen LogP contribution < -0.4 is 15.0 Å². The third-order valence-corrected chi connectivity index (χ3v) is 6.99. The molecule has 1 N–H and O–H groups in total. The zero-order valence-corrected chi connectivity index (χ0v) is 20.1. The Morgan fingerprint density at radius 3 is 2.76 bits per heavy atom. The van der Waals surface area contributed by atoms with E-state index in [0.29, 0.717) is 11.5 Å². The van der Waals surface area contributed by atoms with Gasteiger partial charge in [0.05, 0.1) is 18.7 Å². The Hall–Kier alpha value is -3.72. The lowest BCUT2D eigenvalue weighted by molar-refractivity contribution is -0.122. The number of nitrogens with zero attached hydrogens (tertiary/aromatic N) is 4. The van der Waals surface area contributed by atoms with Crippen LogP contribution in [0.2, 0.25) is 0 Å². The van der Waals surface area contributed by atoms with Crippen LogP contribution in [0.1, 0.15) is 24.5 Å². The number of hydrogen-bond acceptors (Lipinski definition) is 6. The smallest absolute Gasteiger partial charge is 0.250 e. The van der Waals surface area contributed by atoms with E-state index in [-0.39, 0.29) is 24.2 Å². The third-order valence-electron chi connectivity index (χ3n) is 6.17. The van der Waals surface area contributed by atoms with Crippen LogP contribution in [0, 0.1) is 12.8 Å². The first-order chi connectivity index (χ1) is 16.5. The largest absolute Gasteiger partial charge is 0.497 e. The number of benzene rings is 2. The molecule has 34 heavy (non-hydrogen) atoms. The number of aromatic nitrogens is 3. The van der Waals surface area contributed by atoms with Crippen molar-refractivity contribution >= 4 is 39.7 Å². The Balaban J connectivity index is 1.33.